The van der Waals surface area contributed by atoms with Crippen molar-refractivity contribution < 1.29 is 23.1 Å². The molecule has 1 aliphatic heterocycles. The molecule has 0 spiro atoms. The van der Waals surface area contributed by atoms with Crippen molar-refractivity contribution in [1.29, 1.82) is 0 Å². The predicted octanol–water partition coefficient (Wildman–Crippen LogP) is 3.03. The first kappa shape index (κ1) is 20.0. The fraction of sp³-hybridized carbons (Fsp3) is 0.238. The third-order valence-electron chi connectivity index (χ3n) is 5.39. The molecule has 0 amide bonds. The molecule has 6 nitrogen and oxygen atoms in total. The molecule has 4 rings (SSSR count). The molecule has 0 radical (unpaired) electrons. The number of carboxylic acids is 1. The molecule has 156 valence electrons. The van der Waals surface area contributed by atoms with Crippen molar-refractivity contribution in [2.75, 3.05) is 11.4 Å². The summed E-state index contributed by atoms with van der Waals surface area (Å²) in [6.07, 6.45) is 1.61. The fourth-order valence-electron chi connectivity index (χ4n) is 3.99. The highest BCUT2D eigenvalue weighted by Crippen LogP contribution is 2.32. The maximum atomic E-state index is 14.9. The van der Waals surface area contributed by atoms with Gasteiger partial charge >= 0.3 is 5.97 Å². The zero-order valence-corrected chi connectivity index (χ0v) is 15.9. The topological polar surface area (TPSA) is 88.6 Å². The maximum absolute atomic E-state index is 14.9. The number of rotatable bonds is 3. The van der Waals surface area contributed by atoms with Crippen LogP contribution in [0.3, 0.4) is 0 Å². The van der Waals surface area contributed by atoms with E-state index in [0.717, 1.165) is 29.0 Å². The van der Waals surface area contributed by atoms with Gasteiger partial charge in [-0.15, -0.1) is 0 Å². The third-order valence-corrected chi connectivity index (χ3v) is 5.39. The standard InChI is InChI=1S/C21H18F3N3O3/c1-10-4-12(25)8-26(10)19-7-18-13(6-16(19)24)20(28)14(21(29)30)9-27(18)17-3-2-11(22)5-15(17)23/h2-3,5-7,9-10,12H,4,8,25H2,1H3,(H,29,30)/t10-,12-/m1/s1. The van der Waals surface area contributed by atoms with Gasteiger partial charge in [0.05, 0.1) is 16.9 Å². The molecule has 0 aliphatic carbocycles. The first-order valence-electron chi connectivity index (χ1n) is 9.27. The Kier molecular flexibility index (Phi) is 4.77. The summed E-state index contributed by atoms with van der Waals surface area (Å²) >= 11 is 0. The number of anilines is 1. The average molecular weight is 417 g/mol. The van der Waals surface area contributed by atoms with Crippen LogP contribution >= 0.6 is 0 Å². The lowest BCUT2D eigenvalue weighted by atomic mass is 10.1. The number of aromatic carboxylic acids is 1. The van der Waals surface area contributed by atoms with Crippen LogP contribution in [0.2, 0.25) is 0 Å². The van der Waals surface area contributed by atoms with E-state index in [0.29, 0.717) is 19.0 Å². The van der Waals surface area contributed by atoms with Gasteiger partial charge in [0, 0.05) is 36.3 Å². The minimum Gasteiger partial charge on any atom is -0.477 e. The molecule has 2 aromatic carbocycles. The molecule has 1 fully saturated rings. The molecule has 0 bridgehead atoms. The Morgan fingerprint density at radius 3 is 2.43 bits per heavy atom. The second-order valence-electron chi connectivity index (χ2n) is 7.46. The van der Waals surface area contributed by atoms with Gasteiger partial charge in [-0.2, -0.15) is 0 Å². The lowest BCUT2D eigenvalue weighted by Crippen LogP contribution is -2.30. The quantitative estimate of drug-likeness (QED) is 0.684. The van der Waals surface area contributed by atoms with Gasteiger partial charge in [0.1, 0.15) is 23.0 Å². The molecular weight excluding hydrogens is 399 g/mol. The van der Waals surface area contributed by atoms with Crippen LogP contribution in [0.1, 0.15) is 23.7 Å². The van der Waals surface area contributed by atoms with Crippen LogP contribution in [0.4, 0.5) is 18.9 Å². The number of hydrogen-bond donors (Lipinski definition) is 2. The largest absolute Gasteiger partial charge is 0.477 e. The Hall–Kier alpha value is -3.33. The van der Waals surface area contributed by atoms with E-state index in [1.807, 2.05) is 6.92 Å². The minimum atomic E-state index is -1.54. The number of carboxylic acid groups (broad SMARTS) is 1. The molecule has 0 saturated carbocycles. The Balaban J connectivity index is 2.06. The molecular formula is C21H18F3N3O3. The molecule has 1 saturated heterocycles. The van der Waals surface area contributed by atoms with Crippen molar-refractivity contribution in [3.63, 3.8) is 0 Å². The highest BCUT2D eigenvalue weighted by atomic mass is 19.1. The van der Waals surface area contributed by atoms with E-state index >= 15 is 0 Å². The second-order valence-corrected chi connectivity index (χ2v) is 7.46. The minimum absolute atomic E-state index is 0.0621. The summed E-state index contributed by atoms with van der Waals surface area (Å²) < 4.78 is 44.0. The molecule has 3 N–H and O–H groups in total. The van der Waals surface area contributed by atoms with Crippen molar-refractivity contribution >= 4 is 22.6 Å². The van der Waals surface area contributed by atoms with Gasteiger partial charge in [-0.1, -0.05) is 0 Å². The van der Waals surface area contributed by atoms with E-state index in [2.05, 4.69) is 0 Å². The van der Waals surface area contributed by atoms with Gasteiger partial charge in [0.15, 0.2) is 0 Å². The average Bonchev–Trinajstić information content (AvgIpc) is 3.00. The fourth-order valence-corrected chi connectivity index (χ4v) is 3.99. The van der Waals surface area contributed by atoms with Gasteiger partial charge in [-0.3, -0.25) is 4.79 Å². The lowest BCUT2D eigenvalue weighted by molar-refractivity contribution is 0.0695. The van der Waals surface area contributed by atoms with Gasteiger partial charge in [0.2, 0.25) is 5.43 Å². The molecule has 0 unspecified atom stereocenters. The number of aromatic nitrogens is 1. The van der Waals surface area contributed by atoms with Crippen LogP contribution in [-0.2, 0) is 0 Å². The van der Waals surface area contributed by atoms with E-state index in [4.69, 9.17) is 5.73 Å². The molecule has 30 heavy (non-hydrogen) atoms. The zero-order valence-electron chi connectivity index (χ0n) is 15.9. The molecule has 9 heteroatoms. The Morgan fingerprint density at radius 1 is 1.13 bits per heavy atom. The summed E-state index contributed by atoms with van der Waals surface area (Å²) in [6, 6.07) is 4.88. The van der Waals surface area contributed by atoms with Crippen LogP contribution in [0.5, 0.6) is 0 Å². The summed E-state index contributed by atoms with van der Waals surface area (Å²) in [4.78, 5) is 25.9. The second kappa shape index (κ2) is 7.17. The van der Waals surface area contributed by atoms with E-state index in [1.54, 1.807) is 4.90 Å². The van der Waals surface area contributed by atoms with Gasteiger partial charge in [-0.05, 0) is 37.6 Å². The van der Waals surface area contributed by atoms with Crippen LogP contribution in [0.15, 0.2) is 41.3 Å². The summed E-state index contributed by atoms with van der Waals surface area (Å²) in [5.41, 5.74) is 4.52. The first-order chi connectivity index (χ1) is 14.2. The normalized spacial score (nSPS) is 18.9. The number of carbonyl (C=O) groups is 1. The molecule has 3 aromatic rings. The first-order valence-corrected chi connectivity index (χ1v) is 9.27. The van der Waals surface area contributed by atoms with Crippen molar-refractivity contribution in [2.45, 2.75) is 25.4 Å². The number of fused-ring (bicyclic) bond motifs is 1. The summed E-state index contributed by atoms with van der Waals surface area (Å²) in [7, 11) is 0. The highest BCUT2D eigenvalue weighted by Gasteiger charge is 2.29. The van der Waals surface area contributed by atoms with Crippen molar-refractivity contribution in [2.24, 2.45) is 5.73 Å². The molecule has 2 atom stereocenters. The Morgan fingerprint density at radius 2 is 1.83 bits per heavy atom. The van der Waals surface area contributed by atoms with Crippen molar-refractivity contribution in [3.05, 3.63) is 69.8 Å². The van der Waals surface area contributed by atoms with E-state index in [1.165, 1.54) is 6.07 Å². The third kappa shape index (κ3) is 3.21. The van der Waals surface area contributed by atoms with Gasteiger partial charge in [-0.25, -0.2) is 18.0 Å². The summed E-state index contributed by atoms with van der Waals surface area (Å²) in [5, 5.41) is 9.16. The van der Waals surface area contributed by atoms with Crippen molar-refractivity contribution in [3.8, 4) is 5.69 Å². The van der Waals surface area contributed by atoms with Gasteiger partial charge < -0.3 is 20.3 Å². The van der Waals surface area contributed by atoms with Crippen LogP contribution < -0.4 is 16.1 Å². The van der Waals surface area contributed by atoms with E-state index < -0.39 is 34.4 Å². The monoisotopic (exact) mass is 417 g/mol. The number of nitrogens with two attached hydrogens (primary N) is 1. The van der Waals surface area contributed by atoms with E-state index in [-0.39, 0.29) is 34.4 Å². The summed E-state index contributed by atoms with van der Waals surface area (Å²) in [6.45, 7) is 2.28. The number of pyridine rings is 1. The lowest BCUT2D eigenvalue weighted by Gasteiger charge is -2.25. The zero-order chi connectivity index (χ0) is 21.7. The highest BCUT2D eigenvalue weighted by molar-refractivity contribution is 5.94. The molecule has 1 aromatic heterocycles. The van der Waals surface area contributed by atoms with E-state index in [9.17, 15) is 27.9 Å². The molecule has 2 heterocycles. The smallest absolute Gasteiger partial charge is 0.341 e. The van der Waals surface area contributed by atoms with Crippen LogP contribution in [-0.4, -0.2) is 34.3 Å². The number of hydrogen-bond acceptors (Lipinski definition) is 4. The van der Waals surface area contributed by atoms with Crippen LogP contribution in [0, 0.1) is 17.5 Å². The number of halogens is 3. The van der Waals surface area contributed by atoms with Crippen molar-refractivity contribution in [1.82, 2.24) is 4.57 Å². The van der Waals surface area contributed by atoms with Crippen LogP contribution in [0.25, 0.3) is 16.6 Å². The Labute approximate surface area is 168 Å². The Bertz CT molecular complexity index is 1240. The number of nitrogens with zero attached hydrogens (tertiary/aromatic N) is 2. The number of benzene rings is 2. The predicted molar refractivity (Wildman–Crippen MR) is 106 cm³/mol. The maximum Gasteiger partial charge on any atom is 0.341 e. The molecule has 1 aliphatic rings. The van der Waals surface area contributed by atoms with Gasteiger partial charge in [0.25, 0.3) is 0 Å². The summed E-state index contributed by atoms with van der Waals surface area (Å²) in [5.74, 6) is -4.03. The SMILES string of the molecule is C[C@@H]1C[C@@H](N)CN1c1cc2c(cc1F)c(=O)c(C(=O)O)cn2-c1ccc(F)cc1F.